The summed E-state index contributed by atoms with van der Waals surface area (Å²) in [4.78, 5) is 50.4. The maximum atomic E-state index is 11.6. The van der Waals surface area contributed by atoms with Crippen molar-refractivity contribution in [3.8, 4) is 0 Å². The largest absolute Gasteiger partial charge is 0.333 e. The van der Waals surface area contributed by atoms with E-state index in [0.717, 1.165) is 6.42 Å². The first-order chi connectivity index (χ1) is 9.69. The molecule has 0 N–H and O–H groups in total. The lowest BCUT2D eigenvalue weighted by molar-refractivity contribution is -0.197. The zero-order valence-electron chi connectivity index (χ0n) is 12.9. The molecule has 0 aromatic rings. The Balaban J connectivity index is 2.20. The highest BCUT2D eigenvalue weighted by Gasteiger charge is 2.32. The zero-order chi connectivity index (χ0) is 16.0. The number of carbonyl (C=O) groups is 4. The Morgan fingerprint density at radius 2 is 1.62 bits per heavy atom. The summed E-state index contributed by atoms with van der Waals surface area (Å²) in [5.41, 5.74) is 0.116. The zero-order valence-corrected chi connectivity index (χ0v) is 12.9. The second-order valence-electron chi connectivity index (χ2n) is 6.50. The van der Waals surface area contributed by atoms with Crippen LogP contribution >= 0.6 is 0 Å². The quantitative estimate of drug-likeness (QED) is 0.673. The molecule has 0 bridgehead atoms. The summed E-state index contributed by atoms with van der Waals surface area (Å²) in [6.07, 6.45) is 2.19. The van der Waals surface area contributed by atoms with Crippen LogP contribution in [0, 0.1) is 5.41 Å². The first kappa shape index (κ1) is 17.3. The Morgan fingerprint density at radius 1 is 1.05 bits per heavy atom. The molecule has 0 radical (unpaired) electrons. The number of Topliss-reactive ketones (excluding diaryl/α,β-unsaturated/α-hetero) is 1. The summed E-state index contributed by atoms with van der Waals surface area (Å²) in [5.74, 6) is -1.52. The molecule has 0 unspecified atom stereocenters. The molecule has 0 aromatic carbocycles. The van der Waals surface area contributed by atoms with Crippen molar-refractivity contribution in [3.63, 3.8) is 0 Å². The number of carbonyl (C=O) groups excluding carboxylic acids is 4. The number of hydrogen-bond donors (Lipinski definition) is 0. The monoisotopic (exact) mass is 297 g/mol. The average Bonchev–Trinajstić information content (AvgIpc) is 2.67. The van der Waals surface area contributed by atoms with Crippen LogP contribution in [0.3, 0.4) is 0 Å². The fourth-order valence-electron chi connectivity index (χ4n) is 1.87. The van der Waals surface area contributed by atoms with Crippen LogP contribution in [0.1, 0.15) is 65.7 Å². The van der Waals surface area contributed by atoms with Gasteiger partial charge in [-0.15, -0.1) is 5.06 Å². The lowest BCUT2D eigenvalue weighted by Crippen LogP contribution is -2.32. The summed E-state index contributed by atoms with van der Waals surface area (Å²) in [5, 5.41) is 0.532. The van der Waals surface area contributed by atoms with Gasteiger partial charge in [0.1, 0.15) is 5.78 Å². The van der Waals surface area contributed by atoms with Crippen molar-refractivity contribution in [2.45, 2.75) is 65.7 Å². The predicted octanol–water partition coefficient (Wildman–Crippen LogP) is 2.16. The molecular formula is C15H23NO5. The van der Waals surface area contributed by atoms with Gasteiger partial charge in [0, 0.05) is 32.1 Å². The summed E-state index contributed by atoms with van der Waals surface area (Å²) in [7, 11) is 0. The van der Waals surface area contributed by atoms with E-state index in [-0.39, 0.29) is 30.5 Å². The number of ketones is 1. The van der Waals surface area contributed by atoms with Gasteiger partial charge >= 0.3 is 5.97 Å². The van der Waals surface area contributed by atoms with Gasteiger partial charge in [-0.05, 0) is 18.3 Å². The topological polar surface area (TPSA) is 80.8 Å². The molecule has 0 spiro atoms. The highest BCUT2D eigenvalue weighted by atomic mass is 16.7. The van der Waals surface area contributed by atoms with E-state index in [4.69, 9.17) is 4.84 Å². The van der Waals surface area contributed by atoms with E-state index in [1.54, 1.807) is 0 Å². The van der Waals surface area contributed by atoms with Crippen molar-refractivity contribution in [2.24, 2.45) is 5.41 Å². The highest BCUT2D eigenvalue weighted by Crippen LogP contribution is 2.21. The number of nitrogens with zero attached hydrogens (tertiary/aromatic N) is 1. The smallest absolute Gasteiger partial charge is 0.330 e. The van der Waals surface area contributed by atoms with E-state index in [9.17, 15) is 19.2 Å². The number of amides is 2. The Labute approximate surface area is 124 Å². The number of hydrogen-bond acceptors (Lipinski definition) is 5. The average molecular weight is 297 g/mol. The van der Waals surface area contributed by atoms with Gasteiger partial charge < -0.3 is 4.84 Å². The van der Waals surface area contributed by atoms with Crippen LogP contribution in [-0.2, 0) is 24.0 Å². The lowest BCUT2D eigenvalue weighted by Gasteiger charge is -2.17. The standard InChI is InChI=1S/C15H23NO5/c1-15(2,3)10-9-11(17)5-4-6-14(20)21-16-12(18)7-8-13(16)19/h4-10H2,1-3H3. The number of hydroxylamine groups is 2. The van der Waals surface area contributed by atoms with Gasteiger partial charge in [-0.3, -0.25) is 14.4 Å². The molecule has 1 aliphatic heterocycles. The molecule has 1 fully saturated rings. The molecule has 0 atom stereocenters. The van der Waals surface area contributed by atoms with Gasteiger partial charge in [-0.25, -0.2) is 4.79 Å². The van der Waals surface area contributed by atoms with Crippen molar-refractivity contribution in [3.05, 3.63) is 0 Å². The molecule has 1 saturated heterocycles. The van der Waals surface area contributed by atoms with Gasteiger partial charge in [-0.1, -0.05) is 20.8 Å². The van der Waals surface area contributed by atoms with E-state index in [1.165, 1.54) is 0 Å². The molecule has 0 aromatic heterocycles. The van der Waals surface area contributed by atoms with Crippen LogP contribution in [0.4, 0.5) is 0 Å². The molecule has 0 aliphatic carbocycles. The molecular weight excluding hydrogens is 274 g/mol. The maximum absolute atomic E-state index is 11.6. The van der Waals surface area contributed by atoms with Crippen LogP contribution in [-0.4, -0.2) is 28.6 Å². The first-order valence-electron chi connectivity index (χ1n) is 7.27. The third kappa shape index (κ3) is 6.51. The maximum Gasteiger partial charge on any atom is 0.333 e. The minimum atomic E-state index is -0.651. The predicted molar refractivity (Wildman–Crippen MR) is 74.7 cm³/mol. The van der Waals surface area contributed by atoms with E-state index >= 15 is 0 Å². The third-order valence-corrected chi connectivity index (χ3v) is 3.19. The molecule has 21 heavy (non-hydrogen) atoms. The van der Waals surface area contributed by atoms with Crippen molar-refractivity contribution in [1.29, 1.82) is 0 Å². The molecule has 0 saturated carbocycles. The Hall–Kier alpha value is -1.72. The summed E-state index contributed by atoms with van der Waals surface area (Å²) >= 11 is 0. The number of imide groups is 1. The van der Waals surface area contributed by atoms with E-state index < -0.39 is 17.8 Å². The summed E-state index contributed by atoms with van der Waals surface area (Å²) in [6, 6.07) is 0. The van der Waals surface area contributed by atoms with Gasteiger partial charge in [0.15, 0.2) is 0 Å². The minimum Gasteiger partial charge on any atom is -0.330 e. The van der Waals surface area contributed by atoms with Crippen LogP contribution in [0.5, 0.6) is 0 Å². The van der Waals surface area contributed by atoms with Crippen LogP contribution in [0.2, 0.25) is 0 Å². The van der Waals surface area contributed by atoms with Gasteiger partial charge in [0.05, 0.1) is 0 Å². The lowest BCUT2D eigenvalue weighted by atomic mass is 9.89. The SMILES string of the molecule is CC(C)(C)CCC(=O)CCCC(=O)ON1C(=O)CCC1=O. The van der Waals surface area contributed by atoms with Gasteiger partial charge in [0.25, 0.3) is 11.8 Å². The molecule has 6 nitrogen and oxygen atoms in total. The third-order valence-electron chi connectivity index (χ3n) is 3.19. The van der Waals surface area contributed by atoms with Gasteiger partial charge in [-0.2, -0.15) is 0 Å². The van der Waals surface area contributed by atoms with E-state index in [2.05, 4.69) is 20.8 Å². The second-order valence-corrected chi connectivity index (χ2v) is 6.50. The Bertz CT molecular complexity index is 420. The van der Waals surface area contributed by atoms with Crippen LogP contribution < -0.4 is 0 Å². The minimum absolute atomic E-state index is 0.0261. The first-order valence-corrected chi connectivity index (χ1v) is 7.27. The number of rotatable bonds is 7. The molecule has 1 heterocycles. The normalized spacial score (nSPS) is 15.5. The van der Waals surface area contributed by atoms with Crippen molar-refractivity contribution >= 4 is 23.6 Å². The van der Waals surface area contributed by atoms with Crippen molar-refractivity contribution in [1.82, 2.24) is 5.06 Å². The fourth-order valence-corrected chi connectivity index (χ4v) is 1.87. The van der Waals surface area contributed by atoms with Crippen LogP contribution in [0.15, 0.2) is 0 Å². The van der Waals surface area contributed by atoms with E-state index in [0.29, 0.717) is 24.3 Å². The molecule has 118 valence electrons. The van der Waals surface area contributed by atoms with Gasteiger partial charge in [0.2, 0.25) is 0 Å². The molecule has 1 rings (SSSR count). The second kappa shape index (κ2) is 7.33. The molecule has 2 amide bonds. The Kier molecular flexibility index (Phi) is 6.05. The summed E-state index contributed by atoms with van der Waals surface area (Å²) < 4.78 is 0. The highest BCUT2D eigenvalue weighted by molar-refractivity contribution is 6.01. The fraction of sp³-hybridized carbons (Fsp3) is 0.733. The Morgan fingerprint density at radius 3 is 2.14 bits per heavy atom. The molecule has 1 aliphatic rings. The molecule has 6 heteroatoms. The van der Waals surface area contributed by atoms with Crippen molar-refractivity contribution in [2.75, 3.05) is 0 Å². The summed E-state index contributed by atoms with van der Waals surface area (Å²) in [6.45, 7) is 6.21. The van der Waals surface area contributed by atoms with Crippen LogP contribution in [0.25, 0.3) is 0 Å². The van der Waals surface area contributed by atoms with E-state index in [1.807, 2.05) is 0 Å². The van der Waals surface area contributed by atoms with Crippen molar-refractivity contribution < 1.29 is 24.0 Å².